The van der Waals surface area contributed by atoms with Gasteiger partial charge in [0.05, 0.1) is 17.9 Å². The minimum atomic E-state index is -1.34. The predicted molar refractivity (Wildman–Crippen MR) is 143 cm³/mol. The van der Waals surface area contributed by atoms with E-state index in [-0.39, 0.29) is 6.03 Å². The zero-order chi connectivity index (χ0) is 26.5. The van der Waals surface area contributed by atoms with Crippen LogP contribution in [0.3, 0.4) is 0 Å². The van der Waals surface area contributed by atoms with Crippen molar-refractivity contribution in [3.8, 4) is 16.9 Å². The lowest BCUT2D eigenvalue weighted by Crippen LogP contribution is -2.27. The lowest BCUT2D eigenvalue weighted by Gasteiger charge is -2.14. The fourth-order valence-electron chi connectivity index (χ4n) is 4.09. The Kier molecular flexibility index (Phi) is 7.71. The summed E-state index contributed by atoms with van der Waals surface area (Å²) in [5, 5.41) is 11.9. The highest BCUT2D eigenvalue weighted by molar-refractivity contribution is 5.91. The van der Waals surface area contributed by atoms with Gasteiger partial charge < -0.3 is 24.6 Å². The molecule has 0 saturated carbocycles. The summed E-state index contributed by atoms with van der Waals surface area (Å²) in [6.45, 7) is 4.60. The Morgan fingerprint density at radius 2 is 1.81 bits per heavy atom. The first-order valence-electron chi connectivity index (χ1n) is 12.2. The summed E-state index contributed by atoms with van der Waals surface area (Å²) in [7, 11) is 3.38. The molecule has 0 saturated heterocycles. The van der Waals surface area contributed by atoms with Crippen LogP contribution in [0.15, 0.2) is 54.6 Å². The molecule has 0 aliphatic rings. The van der Waals surface area contributed by atoms with E-state index in [0.717, 1.165) is 53.1 Å². The maximum Gasteiger partial charge on any atom is 0.511 e. The van der Waals surface area contributed by atoms with Crippen LogP contribution in [0.4, 0.5) is 15.3 Å². The van der Waals surface area contributed by atoms with E-state index in [1.807, 2.05) is 49.4 Å². The van der Waals surface area contributed by atoms with E-state index >= 15 is 0 Å². The lowest BCUT2D eigenvalue weighted by molar-refractivity contribution is 0.144. The van der Waals surface area contributed by atoms with Crippen LogP contribution in [0.1, 0.15) is 36.8 Å². The SMILES string of the molecule is CCCCc1nc2cc(NC(=O)N(C)C)c(C)nc2n1Cc1ccc(-c2ccccc2OC(=O)O)cc1. The minimum Gasteiger partial charge on any atom is -0.449 e. The van der Waals surface area contributed by atoms with Crippen molar-refractivity contribution in [3.05, 3.63) is 71.7 Å². The van der Waals surface area contributed by atoms with Crippen LogP contribution in [0, 0.1) is 6.92 Å². The van der Waals surface area contributed by atoms with Crippen LogP contribution in [-0.2, 0) is 13.0 Å². The number of hydrogen-bond donors (Lipinski definition) is 2. The molecule has 9 heteroatoms. The molecule has 0 unspecified atom stereocenters. The maximum atomic E-state index is 12.2. The monoisotopic (exact) mass is 501 g/mol. The zero-order valence-electron chi connectivity index (χ0n) is 21.5. The number of fused-ring (bicyclic) bond motifs is 1. The third kappa shape index (κ3) is 5.88. The van der Waals surface area contributed by atoms with E-state index in [1.165, 1.54) is 4.90 Å². The molecule has 4 aromatic rings. The van der Waals surface area contributed by atoms with Crippen LogP contribution >= 0.6 is 0 Å². The van der Waals surface area contributed by atoms with Crippen LogP contribution < -0.4 is 10.1 Å². The van der Waals surface area contributed by atoms with Crippen molar-refractivity contribution in [2.75, 3.05) is 19.4 Å². The molecule has 2 N–H and O–H groups in total. The van der Waals surface area contributed by atoms with E-state index in [9.17, 15) is 9.59 Å². The smallest absolute Gasteiger partial charge is 0.449 e. The molecule has 4 rings (SSSR count). The first-order valence-corrected chi connectivity index (χ1v) is 12.2. The van der Waals surface area contributed by atoms with E-state index in [0.29, 0.717) is 23.5 Å². The number of aromatic nitrogens is 3. The van der Waals surface area contributed by atoms with Crippen LogP contribution in [0.5, 0.6) is 5.75 Å². The van der Waals surface area contributed by atoms with Crippen molar-refractivity contribution in [1.82, 2.24) is 19.4 Å². The second kappa shape index (κ2) is 11.1. The van der Waals surface area contributed by atoms with Gasteiger partial charge in [-0.15, -0.1) is 0 Å². The van der Waals surface area contributed by atoms with Gasteiger partial charge in [-0.2, -0.15) is 0 Å². The number of para-hydroxylation sites is 1. The Hall–Kier alpha value is -4.40. The Morgan fingerprint density at radius 3 is 2.49 bits per heavy atom. The van der Waals surface area contributed by atoms with Gasteiger partial charge in [-0.25, -0.2) is 19.6 Å². The molecule has 192 valence electrons. The molecule has 2 amide bonds. The van der Waals surface area contributed by atoms with Gasteiger partial charge in [0.1, 0.15) is 17.1 Å². The number of unbranched alkanes of at least 4 members (excludes halogenated alkanes) is 1. The van der Waals surface area contributed by atoms with Crippen molar-refractivity contribution < 1.29 is 19.4 Å². The fraction of sp³-hybridized carbons (Fsp3) is 0.286. The Balaban J connectivity index is 1.66. The number of carbonyl (C=O) groups is 2. The molecular weight excluding hydrogens is 470 g/mol. The van der Waals surface area contributed by atoms with E-state index in [1.54, 1.807) is 26.2 Å². The van der Waals surface area contributed by atoms with E-state index in [4.69, 9.17) is 19.8 Å². The van der Waals surface area contributed by atoms with Gasteiger partial charge in [0.2, 0.25) is 0 Å². The fourth-order valence-corrected chi connectivity index (χ4v) is 4.09. The molecule has 0 aliphatic carbocycles. The van der Waals surface area contributed by atoms with Gasteiger partial charge in [-0.1, -0.05) is 55.8 Å². The summed E-state index contributed by atoms with van der Waals surface area (Å²) in [6.07, 6.45) is 1.53. The van der Waals surface area contributed by atoms with E-state index in [2.05, 4.69) is 16.8 Å². The highest BCUT2D eigenvalue weighted by atomic mass is 16.7. The molecule has 0 fully saturated rings. The minimum absolute atomic E-state index is 0.217. The number of carboxylic acid groups (broad SMARTS) is 1. The number of anilines is 1. The number of imidazole rings is 1. The summed E-state index contributed by atoms with van der Waals surface area (Å²) in [5.41, 5.74) is 5.50. The summed E-state index contributed by atoms with van der Waals surface area (Å²) >= 11 is 0. The highest BCUT2D eigenvalue weighted by Gasteiger charge is 2.17. The Morgan fingerprint density at radius 1 is 1.08 bits per heavy atom. The summed E-state index contributed by atoms with van der Waals surface area (Å²) in [6, 6.07) is 16.7. The molecule has 9 nitrogen and oxygen atoms in total. The molecule has 2 heterocycles. The van der Waals surface area contributed by atoms with Crippen molar-refractivity contribution >= 4 is 29.0 Å². The molecule has 0 atom stereocenters. The maximum absolute atomic E-state index is 12.2. The second-order valence-corrected chi connectivity index (χ2v) is 9.07. The van der Waals surface area contributed by atoms with Gasteiger partial charge in [-0.3, -0.25) is 0 Å². The number of aryl methyl sites for hydroxylation is 2. The first-order chi connectivity index (χ1) is 17.8. The number of nitrogens with zero attached hydrogens (tertiary/aromatic N) is 4. The number of hydrogen-bond acceptors (Lipinski definition) is 5. The average Bonchev–Trinajstić information content (AvgIpc) is 3.19. The number of rotatable bonds is 8. The third-order valence-electron chi connectivity index (χ3n) is 6.08. The number of carbonyl (C=O) groups excluding carboxylic acids is 1. The number of ether oxygens (including phenoxy) is 1. The van der Waals surface area contributed by atoms with Crippen LogP contribution in [0.2, 0.25) is 0 Å². The topological polar surface area (TPSA) is 110 Å². The molecule has 0 bridgehead atoms. The number of urea groups is 1. The molecule has 2 aromatic carbocycles. The summed E-state index contributed by atoms with van der Waals surface area (Å²) in [5.74, 6) is 1.24. The van der Waals surface area contributed by atoms with Crippen molar-refractivity contribution in [2.45, 2.75) is 39.7 Å². The van der Waals surface area contributed by atoms with Gasteiger partial charge in [0.25, 0.3) is 0 Å². The first kappa shape index (κ1) is 25.7. The van der Waals surface area contributed by atoms with Crippen molar-refractivity contribution in [1.29, 1.82) is 0 Å². The predicted octanol–water partition coefficient (Wildman–Crippen LogP) is 5.95. The molecular formula is C28H31N5O4. The molecule has 0 aliphatic heterocycles. The number of benzene rings is 2. The molecule has 2 aromatic heterocycles. The van der Waals surface area contributed by atoms with Gasteiger partial charge >= 0.3 is 12.2 Å². The lowest BCUT2D eigenvalue weighted by atomic mass is 10.0. The summed E-state index contributed by atoms with van der Waals surface area (Å²) in [4.78, 5) is 34.4. The van der Waals surface area contributed by atoms with Gasteiger partial charge in [0, 0.05) is 26.1 Å². The second-order valence-electron chi connectivity index (χ2n) is 9.07. The van der Waals surface area contributed by atoms with Gasteiger partial charge in [-0.05, 0) is 36.6 Å². The third-order valence-corrected chi connectivity index (χ3v) is 6.08. The molecule has 0 spiro atoms. The zero-order valence-corrected chi connectivity index (χ0v) is 21.5. The van der Waals surface area contributed by atoms with Gasteiger partial charge in [0.15, 0.2) is 5.65 Å². The Bertz CT molecular complexity index is 1430. The quantitative estimate of drug-likeness (QED) is 0.228. The molecule has 0 radical (unpaired) electrons. The largest absolute Gasteiger partial charge is 0.511 e. The van der Waals surface area contributed by atoms with Crippen molar-refractivity contribution in [3.63, 3.8) is 0 Å². The van der Waals surface area contributed by atoms with E-state index < -0.39 is 6.16 Å². The summed E-state index contributed by atoms with van der Waals surface area (Å²) < 4.78 is 7.07. The number of nitrogens with one attached hydrogen (secondary N) is 1. The molecule has 37 heavy (non-hydrogen) atoms. The van der Waals surface area contributed by atoms with Crippen molar-refractivity contribution in [2.24, 2.45) is 0 Å². The number of pyridine rings is 1. The van der Waals surface area contributed by atoms with Crippen LogP contribution in [0.25, 0.3) is 22.3 Å². The Labute approximate surface area is 215 Å². The normalized spacial score (nSPS) is 10.9. The number of amides is 2. The highest BCUT2D eigenvalue weighted by Crippen LogP contribution is 2.30. The van der Waals surface area contributed by atoms with Crippen LogP contribution in [-0.4, -0.2) is 50.8 Å². The standard InChI is InChI=1S/C28H31N5O4/c1-5-6-11-25-30-23-16-22(31-27(34)32(3)4)18(2)29-26(23)33(25)17-19-12-14-20(15-13-19)21-9-7-8-10-24(21)37-28(35)36/h7-10,12-16H,5-6,11,17H2,1-4H3,(H,31,34)(H,35,36). The average molecular weight is 502 g/mol.